The van der Waals surface area contributed by atoms with Gasteiger partial charge in [0.05, 0.1) is 10.6 Å². The third kappa shape index (κ3) is 3.46. The maximum atomic E-state index is 12.2. The molecule has 0 unspecified atom stereocenters. The van der Waals surface area contributed by atoms with Crippen molar-refractivity contribution in [1.82, 2.24) is 0 Å². The second kappa shape index (κ2) is 5.80. The van der Waals surface area contributed by atoms with Gasteiger partial charge < -0.3 is 0 Å². The van der Waals surface area contributed by atoms with E-state index in [1.807, 2.05) is 0 Å². The summed E-state index contributed by atoms with van der Waals surface area (Å²) in [5.74, 6) is 0. The Morgan fingerprint density at radius 3 is 2.48 bits per heavy atom. The molecule has 0 radical (unpaired) electrons. The molecule has 0 amide bonds. The number of nitrogens with one attached hydrogen (secondary N) is 1. The molecule has 0 aliphatic rings. The second-order valence-corrected chi connectivity index (χ2v) is 8.02. The van der Waals surface area contributed by atoms with Gasteiger partial charge in [-0.1, -0.05) is 29.3 Å². The zero-order chi connectivity index (χ0) is 15.8. The molecule has 1 aromatic heterocycles. The average Bonchev–Trinajstić information content (AvgIpc) is 2.77. The number of nitrogens with zero attached hydrogens (tertiary/aromatic N) is 1. The molecule has 2 aromatic rings. The van der Waals surface area contributed by atoms with E-state index in [1.54, 1.807) is 19.1 Å². The lowest BCUT2D eigenvalue weighted by Gasteiger charge is -2.07. The first-order chi connectivity index (χ1) is 9.70. The van der Waals surface area contributed by atoms with E-state index in [0.29, 0.717) is 16.4 Å². The summed E-state index contributed by atoms with van der Waals surface area (Å²) in [4.78, 5) is 9.96. The lowest BCUT2D eigenvalue weighted by atomic mass is 10.2. The number of anilines is 1. The van der Waals surface area contributed by atoms with Crippen molar-refractivity contribution >= 4 is 55.9 Å². The molecule has 0 saturated heterocycles. The standard InChI is InChI=1S/C11H8Cl2N2O4S2/c1-6-2-3-7(4-8(6)12)14-21(18,19)10-5-9(15(16)17)11(13)20-10/h2-5,14H,1H3. The van der Waals surface area contributed by atoms with Crippen LogP contribution in [0.5, 0.6) is 0 Å². The topological polar surface area (TPSA) is 89.3 Å². The molecule has 0 aliphatic heterocycles. The number of aryl methyl sites for hydroxylation is 1. The minimum absolute atomic E-state index is 0.192. The zero-order valence-corrected chi connectivity index (χ0v) is 13.6. The summed E-state index contributed by atoms with van der Waals surface area (Å²) in [5.41, 5.74) is 0.621. The molecule has 2 rings (SSSR count). The van der Waals surface area contributed by atoms with Crippen LogP contribution in [0.4, 0.5) is 11.4 Å². The summed E-state index contributed by atoms with van der Waals surface area (Å²) in [6, 6.07) is 5.58. The monoisotopic (exact) mass is 366 g/mol. The molecule has 0 atom stereocenters. The van der Waals surface area contributed by atoms with Gasteiger partial charge in [0.25, 0.3) is 15.7 Å². The molecule has 0 bridgehead atoms. The van der Waals surface area contributed by atoms with E-state index >= 15 is 0 Å². The van der Waals surface area contributed by atoms with Crippen LogP contribution in [0.25, 0.3) is 0 Å². The molecule has 0 spiro atoms. The second-order valence-electron chi connectivity index (χ2n) is 4.05. The Kier molecular flexibility index (Phi) is 4.43. The number of halogens is 2. The number of benzene rings is 1. The van der Waals surface area contributed by atoms with Gasteiger partial charge in [-0.15, -0.1) is 11.3 Å². The first-order valence-corrected chi connectivity index (χ1v) is 8.49. The maximum absolute atomic E-state index is 12.2. The highest BCUT2D eigenvalue weighted by molar-refractivity contribution is 7.94. The average molecular weight is 367 g/mol. The lowest BCUT2D eigenvalue weighted by Crippen LogP contribution is -2.11. The third-order valence-electron chi connectivity index (χ3n) is 2.53. The molecule has 0 fully saturated rings. The number of nitro groups is 1. The van der Waals surface area contributed by atoms with Crippen LogP contribution in [0.2, 0.25) is 9.36 Å². The van der Waals surface area contributed by atoms with Crippen LogP contribution in [-0.2, 0) is 10.0 Å². The van der Waals surface area contributed by atoms with E-state index in [4.69, 9.17) is 23.2 Å². The summed E-state index contributed by atoms with van der Waals surface area (Å²) in [5, 5.41) is 11.1. The summed E-state index contributed by atoms with van der Waals surface area (Å²) in [7, 11) is -3.96. The number of hydrogen-bond acceptors (Lipinski definition) is 5. The Hall–Kier alpha value is -1.35. The summed E-state index contributed by atoms with van der Waals surface area (Å²) in [6.07, 6.45) is 0. The van der Waals surface area contributed by atoms with E-state index in [-0.39, 0.29) is 14.2 Å². The van der Waals surface area contributed by atoms with Crippen molar-refractivity contribution in [2.24, 2.45) is 0 Å². The maximum Gasteiger partial charge on any atom is 0.300 e. The Balaban J connectivity index is 2.36. The largest absolute Gasteiger partial charge is 0.300 e. The molecule has 1 aromatic carbocycles. The van der Waals surface area contributed by atoms with Gasteiger partial charge in [-0.3, -0.25) is 14.8 Å². The Labute approximate surface area is 134 Å². The zero-order valence-electron chi connectivity index (χ0n) is 10.5. The Morgan fingerprint density at radius 1 is 1.29 bits per heavy atom. The van der Waals surface area contributed by atoms with Crippen molar-refractivity contribution in [2.45, 2.75) is 11.1 Å². The molecule has 1 N–H and O–H groups in total. The predicted molar refractivity (Wildman–Crippen MR) is 83.0 cm³/mol. The van der Waals surface area contributed by atoms with Crippen molar-refractivity contribution in [3.05, 3.63) is 49.3 Å². The molecule has 1 heterocycles. The Bertz CT molecular complexity index is 818. The molecule has 0 saturated carbocycles. The highest BCUT2D eigenvalue weighted by Crippen LogP contribution is 2.37. The van der Waals surface area contributed by atoms with Crippen LogP contribution in [-0.4, -0.2) is 13.3 Å². The third-order valence-corrected chi connectivity index (χ3v) is 6.13. The lowest BCUT2D eigenvalue weighted by molar-refractivity contribution is -0.384. The minimum Gasteiger partial charge on any atom is -0.279 e. The molecule has 21 heavy (non-hydrogen) atoms. The smallest absolute Gasteiger partial charge is 0.279 e. The summed E-state index contributed by atoms with van der Waals surface area (Å²) in [6.45, 7) is 1.78. The molecule has 6 nitrogen and oxygen atoms in total. The van der Waals surface area contributed by atoms with Gasteiger partial charge in [0.2, 0.25) is 0 Å². The van der Waals surface area contributed by atoms with Crippen LogP contribution in [0.15, 0.2) is 28.5 Å². The van der Waals surface area contributed by atoms with Gasteiger partial charge in [-0.05, 0) is 24.6 Å². The quantitative estimate of drug-likeness (QED) is 0.652. The first kappa shape index (κ1) is 16.0. The number of rotatable bonds is 4. The van der Waals surface area contributed by atoms with E-state index in [2.05, 4.69) is 4.72 Å². The fraction of sp³-hybridized carbons (Fsp3) is 0.0909. The van der Waals surface area contributed by atoms with Gasteiger partial charge in [-0.2, -0.15) is 0 Å². The molecule has 112 valence electrons. The van der Waals surface area contributed by atoms with Gasteiger partial charge >= 0.3 is 0 Å². The van der Waals surface area contributed by atoms with Crippen LogP contribution in [0, 0.1) is 17.0 Å². The van der Waals surface area contributed by atoms with Crippen molar-refractivity contribution in [3.8, 4) is 0 Å². The number of thiophene rings is 1. The van der Waals surface area contributed by atoms with E-state index < -0.39 is 20.6 Å². The van der Waals surface area contributed by atoms with Crippen LogP contribution >= 0.6 is 34.5 Å². The Morgan fingerprint density at radius 2 is 1.95 bits per heavy atom. The van der Waals surface area contributed by atoms with Gasteiger partial charge in [0.1, 0.15) is 4.21 Å². The molecular formula is C11H8Cl2N2O4S2. The number of hydrogen-bond donors (Lipinski definition) is 1. The van der Waals surface area contributed by atoms with Crippen LogP contribution in [0.3, 0.4) is 0 Å². The molecule has 0 aliphatic carbocycles. The van der Waals surface area contributed by atoms with Gasteiger partial charge in [0, 0.05) is 11.1 Å². The van der Waals surface area contributed by atoms with Crippen LogP contribution < -0.4 is 4.72 Å². The van der Waals surface area contributed by atoms with Crippen molar-refractivity contribution < 1.29 is 13.3 Å². The summed E-state index contributed by atoms with van der Waals surface area (Å²) < 4.78 is 26.2. The summed E-state index contributed by atoms with van der Waals surface area (Å²) >= 11 is 12.2. The van der Waals surface area contributed by atoms with Crippen LogP contribution in [0.1, 0.15) is 5.56 Å². The van der Waals surface area contributed by atoms with Crippen molar-refractivity contribution in [1.29, 1.82) is 0 Å². The molecular weight excluding hydrogens is 359 g/mol. The highest BCUT2D eigenvalue weighted by atomic mass is 35.5. The minimum atomic E-state index is -3.96. The highest BCUT2D eigenvalue weighted by Gasteiger charge is 2.25. The molecule has 10 heteroatoms. The fourth-order valence-corrected chi connectivity index (χ4v) is 4.35. The van der Waals surface area contributed by atoms with Gasteiger partial charge in [0.15, 0.2) is 4.34 Å². The van der Waals surface area contributed by atoms with E-state index in [0.717, 1.165) is 11.6 Å². The fourth-order valence-electron chi connectivity index (χ4n) is 1.46. The first-order valence-electron chi connectivity index (χ1n) is 5.43. The van der Waals surface area contributed by atoms with E-state index in [9.17, 15) is 18.5 Å². The van der Waals surface area contributed by atoms with Gasteiger partial charge in [-0.25, -0.2) is 8.42 Å². The SMILES string of the molecule is Cc1ccc(NS(=O)(=O)c2cc([N+](=O)[O-])c(Cl)s2)cc1Cl. The van der Waals surface area contributed by atoms with Crippen molar-refractivity contribution in [2.75, 3.05) is 4.72 Å². The van der Waals surface area contributed by atoms with Crippen molar-refractivity contribution in [3.63, 3.8) is 0 Å². The van der Waals surface area contributed by atoms with E-state index in [1.165, 1.54) is 6.07 Å². The number of sulfonamides is 1. The normalized spacial score (nSPS) is 11.4. The predicted octanol–water partition coefficient (Wildman–Crippen LogP) is 4.07.